The lowest BCUT2D eigenvalue weighted by Crippen LogP contribution is -2.30. The van der Waals surface area contributed by atoms with E-state index < -0.39 is 6.10 Å². The lowest BCUT2D eigenvalue weighted by atomic mass is 10.1. The van der Waals surface area contributed by atoms with Crippen molar-refractivity contribution in [1.29, 1.82) is 0 Å². The Bertz CT molecular complexity index is 1230. The molecule has 0 fully saturated rings. The third-order valence-corrected chi connectivity index (χ3v) is 11.1. The molecular formula is C59H100O5. The van der Waals surface area contributed by atoms with Crippen LogP contribution >= 0.6 is 0 Å². The van der Waals surface area contributed by atoms with Gasteiger partial charge in [-0.15, -0.1) is 0 Å². The quantitative estimate of drug-likeness (QED) is 0.0346. The number of unbranched alkanes of at least 4 members (excludes halogenated alkanes) is 21. The maximum Gasteiger partial charge on any atom is 0.306 e. The van der Waals surface area contributed by atoms with Gasteiger partial charge in [0.15, 0.2) is 6.10 Å². The summed E-state index contributed by atoms with van der Waals surface area (Å²) in [5.74, 6) is -0.503. The molecule has 64 heavy (non-hydrogen) atoms. The minimum Gasteiger partial charge on any atom is -0.462 e. The minimum absolute atomic E-state index is 0.0458. The summed E-state index contributed by atoms with van der Waals surface area (Å²) in [6.07, 6.45) is 72.9. The van der Waals surface area contributed by atoms with E-state index in [-0.39, 0.29) is 25.2 Å². The monoisotopic (exact) mass is 889 g/mol. The Balaban J connectivity index is 4.35. The van der Waals surface area contributed by atoms with Gasteiger partial charge < -0.3 is 14.2 Å². The second-order valence-electron chi connectivity index (χ2n) is 17.4. The SMILES string of the molecule is CC/C=C\C/C=C\C/C=C\C/C=C\CCC(=O)OC(COCCCCCCCC/C=C\C/C=C\CCCCC)COC(=O)CCCCCCCCCCC/C=C\C/C=C\CCCCC. The molecule has 366 valence electrons. The van der Waals surface area contributed by atoms with E-state index in [4.69, 9.17) is 14.2 Å². The number of rotatable bonds is 48. The first kappa shape index (κ1) is 60.8. The van der Waals surface area contributed by atoms with Crippen LogP contribution in [0.1, 0.15) is 239 Å². The van der Waals surface area contributed by atoms with Crippen molar-refractivity contribution in [3.63, 3.8) is 0 Å². The number of carbonyl (C=O) groups excluding carboxylic acids is 2. The van der Waals surface area contributed by atoms with Gasteiger partial charge in [0, 0.05) is 19.4 Å². The van der Waals surface area contributed by atoms with Gasteiger partial charge in [0.1, 0.15) is 6.61 Å². The average Bonchev–Trinajstić information content (AvgIpc) is 3.30. The molecule has 0 aliphatic rings. The highest BCUT2D eigenvalue weighted by molar-refractivity contribution is 5.70. The van der Waals surface area contributed by atoms with Crippen molar-refractivity contribution in [3.8, 4) is 0 Å². The average molecular weight is 889 g/mol. The molecule has 0 aromatic rings. The van der Waals surface area contributed by atoms with Gasteiger partial charge in [0.05, 0.1) is 6.61 Å². The fourth-order valence-corrected chi connectivity index (χ4v) is 7.11. The fraction of sp³-hybridized carbons (Fsp3) is 0.695. The normalized spacial score (nSPS) is 13.0. The summed E-state index contributed by atoms with van der Waals surface area (Å²) < 4.78 is 17.3. The summed E-state index contributed by atoms with van der Waals surface area (Å²) >= 11 is 0. The highest BCUT2D eigenvalue weighted by atomic mass is 16.6. The van der Waals surface area contributed by atoms with Gasteiger partial charge in [-0.1, -0.05) is 214 Å². The minimum atomic E-state index is -0.586. The highest BCUT2D eigenvalue weighted by Gasteiger charge is 2.17. The van der Waals surface area contributed by atoms with E-state index in [0.29, 0.717) is 25.9 Å². The smallest absolute Gasteiger partial charge is 0.306 e. The van der Waals surface area contributed by atoms with Gasteiger partial charge in [0.25, 0.3) is 0 Å². The molecule has 5 nitrogen and oxygen atoms in total. The van der Waals surface area contributed by atoms with E-state index >= 15 is 0 Å². The highest BCUT2D eigenvalue weighted by Crippen LogP contribution is 2.13. The molecule has 0 aliphatic heterocycles. The van der Waals surface area contributed by atoms with Crippen LogP contribution in [0, 0.1) is 0 Å². The lowest BCUT2D eigenvalue weighted by molar-refractivity contribution is -0.162. The number of hydrogen-bond acceptors (Lipinski definition) is 5. The van der Waals surface area contributed by atoms with Crippen molar-refractivity contribution in [1.82, 2.24) is 0 Å². The van der Waals surface area contributed by atoms with Gasteiger partial charge >= 0.3 is 11.9 Å². The molecule has 0 bridgehead atoms. The van der Waals surface area contributed by atoms with E-state index in [1.54, 1.807) is 0 Å². The third kappa shape index (κ3) is 51.5. The van der Waals surface area contributed by atoms with Crippen molar-refractivity contribution in [2.75, 3.05) is 19.8 Å². The van der Waals surface area contributed by atoms with E-state index in [1.165, 1.54) is 122 Å². The molecule has 1 atom stereocenters. The van der Waals surface area contributed by atoms with Crippen LogP contribution in [-0.2, 0) is 23.8 Å². The Kier molecular flexibility index (Phi) is 51.5. The summed E-state index contributed by atoms with van der Waals surface area (Å²) in [5, 5.41) is 0. The van der Waals surface area contributed by atoms with Crippen molar-refractivity contribution in [2.24, 2.45) is 0 Å². The summed E-state index contributed by atoms with van der Waals surface area (Å²) in [4.78, 5) is 25.4. The zero-order valence-electron chi connectivity index (χ0n) is 42.0. The van der Waals surface area contributed by atoms with Crippen LogP contribution in [0.15, 0.2) is 97.2 Å². The second kappa shape index (κ2) is 54.2. The molecule has 0 aromatic carbocycles. The van der Waals surface area contributed by atoms with Crippen molar-refractivity contribution < 1.29 is 23.8 Å². The van der Waals surface area contributed by atoms with Gasteiger partial charge in [-0.25, -0.2) is 0 Å². The van der Waals surface area contributed by atoms with Crippen molar-refractivity contribution in [3.05, 3.63) is 97.2 Å². The number of ether oxygens (including phenoxy) is 3. The molecule has 0 saturated heterocycles. The Labute approximate surface area is 396 Å². The Morgan fingerprint density at radius 1 is 0.359 bits per heavy atom. The zero-order valence-corrected chi connectivity index (χ0v) is 42.0. The molecule has 0 aromatic heterocycles. The Morgan fingerprint density at radius 2 is 0.734 bits per heavy atom. The molecule has 0 aliphatic carbocycles. The largest absolute Gasteiger partial charge is 0.462 e. The number of carbonyl (C=O) groups is 2. The first-order valence-corrected chi connectivity index (χ1v) is 26.8. The number of esters is 2. The van der Waals surface area contributed by atoms with Crippen LogP contribution in [0.5, 0.6) is 0 Å². The van der Waals surface area contributed by atoms with Crippen LogP contribution in [0.2, 0.25) is 0 Å². The molecule has 0 rings (SSSR count). The van der Waals surface area contributed by atoms with Crippen LogP contribution in [0.4, 0.5) is 0 Å². The van der Waals surface area contributed by atoms with Gasteiger partial charge in [-0.3, -0.25) is 9.59 Å². The summed E-state index contributed by atoms with van der Waals surface area (Å²) in [6, 6.07) is 0. The Hall–Kier alpha value is -3.18. The van der Waals surface area contributed by atoms with Crippen molar-refractivity contribution >= 4 is 11.9 Å². The molecular weight excluding hydrogens is 789 g/mol. The van der Waals surface area contributed by atoms with Crippen LogP contribution in [-0.4, -0.2) is 37.9 Å². The van der Waals surface area contributed by atoms with Gasteiger partial charge in [-0.05, 0) is 109 Å². The second-order valence-corrected chi connectivity index (χ2v) is 17.4. The first-order chi connectivity index (χ1) is 31.6. The van der Waals surface area contributed by atoms with Crippen LogP contribution < -0.4 is 0 Å². The summed E-state index contributed by atoms with van der Waals surface area (Å²) in [7, 11) is 0. The van der Waals surface area contributed by atoms with Crippen LogP contribution in [0.25, 0.3) is 0 Å². The van der Waals surface area contributed by atoms with E-state index in [2.05, 4.69) is 112 Å². The zero-order chi connectivity index (χ0) is 46.3. The van der Waals surface area contributed by atoms with E-state index in [9.17, 15) is 9.59 Å². The first-order valence-electron chi connectivity index (χ1n) is 26.8. The van der Waals surface area contributed by atoms with Crippen LogP contribution in [0.3, 0.4) is 0 Å². The van der Waals surface area contributed by atoms with E-state index in [1.807, 2.05) is 6.08 Å². The molecule has 0 spiro atoms. The van der Waals surface area contributed by atoms with Crippen molar-refractivity contribution in [2.45, 2.75) is 245 Å². The lowest BCUT2D eigenvalue weighted by Gasteiger charge is -2.18. The fourth-order valence-electron chi connectivity index (χ4n) is 7.11. The summed E-state index contributed by atoms with van der Waals surface area (Å²) in [6.45, 7) is 7.56. The molecule has 5 heteroatoms. The molecule has 0 N–H and O–H groups in total. The maximum absolute atomic E-state index is 12.8. The van der Waals surface area contributed by atoms with Gasteiger partial charge in [-0.2, -0.15) is 0 Å². The van der Waals surface area contributed by atoms with Gasteiger partial charge in [0.2, 0.25) is 0 Å². The molecule has 0 amide bonds. The number of hydrogen-bond donors (Lipinski definition) is 0. The predicted molar refractivity (Wildman–Crippen MR) is 279 cm³/mol. The third-order valence-electron chi connectivity index (χ3n) is 11.1. The number of allylic oxidation sites excluding steroid dienone is 16. The molecule has 0 radical (unpaired) electrons. The van der Waals surface area contributed by atoms with E-state index in [0.717, 1.165) is 77.0 Å². The summed E-state index contributed by atoms with van der Waals surface area (Å²) in [5.41, 5.74) is 0. The molecule has 0 heterocycles. The predicted octanol–water partition coefficient (Wildman–Crippen LogP) is 18.2. The Morgan fingerprint density at radius 3 is 1.19 bits per heavy atom. The standard InChI is InChI=1S/C59H100O5/c1-4-7-10-13-16-19-22-25-27-29-30-31-32-35-37-40-43-46-49-52-58(60)63-56-57(64-59(61)53-50-47-44-41-38-34-24-21-18-15-12-9-6-3)55-62-54-51-48-45-42-39-36-33-28-26-23-20-17-14-11-8-5-2/h9,12,16-21,25-28,34,38,44,47,57H,4-8,10-11,13-15,22-24,29-33,35-37,39-43,45-46,48-56H2,1-3H3/b12-9-,19-16-,20-17-,21-18-,27-25-,28-26-,38-34-,47-44-. The molecule has 0 saturated carbocycles. The topological polar surface area (TPSA) is 61.8 Å². The maximum atomic E-state index is 12.8. The molecule has 1 unspecified atom stereocenters.